The molecule has 0 saturated carbocycles. The summed E-state index contributed by atoms with van der Waals surface area (Å²) >= 11 is 0. The van der Waals surface area contributed by atoms with Crippen LogP contribution in [0.4, 0.5) is 5.69 Å². The zero-order valence-electron chi connectivity index (χ0n) is 7.81. The highest BCUT2D eigenvalue weighted by Crippen LogP contribution is 2.24. The Bertz CT molecular complexity index is 258. The van der Waals surface area contributed by atoms with Crippen molar-refractivity contribution in [2.75, 3.05) is 11.9 Å². The topological polar surface area (TPSA) is 32.3 Å². The molecule has 0 bridgehead atoms. The van der Waals surface area contributed by atoms with Crippen molar-refractivity contribution in [1.82, 2.24) is 0 Å². The van der Waals surface area contributed by atoms with Crippen LogP contribution in [0.3, 0.4) is 0 Å². The van der Waals surface area contributed by atoms with Crippen LogP contribution in [-0.4, -0.2) is 11.7 Å². The van der Waals surface area contributed by atoms with Crippen molar-refractivity contribution < 1.29 is 5.11 Å². The van der Waals surface area contributed by atoms with Crippen LogP contribution in [0.25, 0.3) is 0 Å². The first-order valence-corrected chi connectivity index (χ1v) is 4.19. The minimum Gasteiger partial charge on any atom is -0.508 e. The van der Waals surface area contributed by atoms with Gasteiger partial charge >= 0.3 is 0 Å². The number of hydrogen-bond donors (Lipinski definition) is 2. The van der Waals surface area contributed by atoms with Gasteiger partial charge in [0.05, 0.1) is 0 Å². The maximum absolute atomic E-state index is 9.26. The molecule has 0 amide bonds. The number of aryl methyl sites for hydroxylation is 2. The van der Waals surface area contributed by atoms with Gasteiger partial charge in [0.15, 0.2) is 0 Å². The third-order valence-electron chi connectivity index (χ3n) is 1.87. The summed E-state index contributed by atoms with van der Waals surface area (Å²) < 4.78 is 0. The van der Waals surface area contributed by atoms with E-state index >= 15 is 0 Å². The molecule has 2 heteroatoms. The predicted octanol–water partition coefficient (Wildman–Crippen LogP) is 2.44. The van der Waals surface area contributed by atoms with E-state index in [0.717, 1.165) is 23.4 Å². The normalized spacial score (nSPS) is 9.92. The van der Waals surface area contributed by atoms with Crippen LogP contribution in [0.2, 0.25) is 0 Å². The molecule has 0 radical (unpaired) electrons. The Kier molecular flexibility index (Phi) is 2.58. The molecule has 0 aliphatic rings. The number of rotatable bonds is 2. The summed E-state index contributed by atoms with van der Waals surface area (Å²) in [5.74, 6) is 0.339. The maximum Gasteiger partial charge on any atom is 0.116 e. The van der Waals surface area contributed by atoms with Crippen LogP contribution in [0, 0.1) is 13.8 Å². The summed E-state index contributed by atoms with van der Waals surface area (Å²) in [4.78, 5) is 0. The molecule has 1 aromatic carbocycles. The standard InChI is InChI=1S/C10H15NO/c1-4-11-10-7(2)5-9(12)6-8(10)3/h5-6,11-12H,4H2,1-3H3. The van der Waals surface area contributed by atoms with Gasteiger partial charge < -0.3 is 10.4 Å². The second-order valence-corrected chi connectivity index (χ2v) is 2.98. The number of hydrogen-bond acceptors (Lipinski definition) is 2. The summed E-state index contributed by atoms with van der Waals surface area (Å²) in [6, 6.07) is 3.54. The minimum absolute atomic E-state index is 0.339. The van der Waals surface area contributed by atoms with Crippen molar-refractivity contribution in [2.45, 2.75) is 20.8 Å². The third kappa shape index (κ3) is 1.70. The largest absolute Gasteiger partial charge is 0.508 e. The monoisotopic (exact) mass is 165 g/mol. The molecule has 0 unspecified atom stereocenters. The smallest absolute Gasteiger partial charge is 0.116 e. The van der Waals surface area contributed by atoms with Gasteiger partial charge in [0.25, 0.3) is 0 Å². The first kappa shape index (κ1) is 8.91. The molecule has 0 aliphatic carbocycles. The summed E-state index contributed by atoms with van der Waals surface area (Å²) in [5.41, 5.74) is 3.32. The van der Waals surface area contributed by atoms with Gasteiger partial charge in [-0.3, -0.25) is 0 Å². The summed E-state index contributed by atoms with van der Waals surface area (Å²) in [5, 5.41) is 12.5. The fraction of sp³-hybridized carbons (Fsp3) is 0.400. The van der Waals surface area contributed by atoms with Crippen molar-refractivity contribution in [3.8, 4) is 5.75 Å². The lowest BCUT2D eigenvalue weighted by molar-refractivity contribution is 0.474. The van der Waals surface area contributed by atoms with E-state index in [1.165, 1.54) is 0 Å². The quantitative estimate of drug-likeness (QED) is 0.660. The average Bonchev–Trinajstić information content (AvgIpc) is 1.96. The van der Waals surface area contributed by atoms with Gasteiger partial charge in [-0.2, -0.15) is 0 Å². The Morgan fingerprint density at radius 3 is 2.17 bits per heavy atom. The van der Waals surface area contributed by atoms with Crippen molar-refractivity contribution in [1.29, 1.82) is 0 Å². The number of aromatic hydroxyl groups is 1. The first-order chi connectivity index (χ1) is 5.65. The minimum atomic E-state index is 0.339. The molecule has 0 aromatic heterocycles. The predicted molar refractivity (Wildman–Crippen MR) is 51.7 cm³/mol. The summed E-state index contributed by atoms with van der Waals surface area (Å²) in [6.45, 7) is 6.95. The fourth-order valence-corrected chi connectivity index (χ4v) is 1.40. The van der Waals surface area contributed by atoms with Gasteiger partial charge in [0.2, 0.25) is 0 Å². The molecule has 2 nitrogen and oxygen atoms in total. The van der Waals surface area contributed by atoms with Crippen LogP contribution < -0.4 is 5.32 Å². The van der Waals surface area contributed by atoms with Gasteiger partial charge in [0, 0.05) is 12.2 Å². The van der Waals surface area contributed by atoms with Crippen LogP contribution in [-0.2, 0) is 0 Å². The van der Waals surface area contributed by atoms with Gasteiger partial charge in [-0.1, -0.05) is 0 Å². The van der Waals surface area contributed by atoms with E-state index in [4.69, 9.17) is 0 Å². The number of benzene rings is 1. The first-order valence-electron chi connectivity index (χ1n) is 4.19. The Morgan fingerprint density at radius 2 is 1.75 bits per heavy atom. The molecule has 0 spiro atoms. The molecule has 0 saturated heterocycles. The Balaban J connectivity index is 3.10. The van der Waals surface area contributed by atoms with Crippen LogP contribution in [0.15, 0.2) is 12.1 Å². The Labute approximate surface area is 73.2 Å². The zero-order valence-corrected chi connectivity index (χ0v) is 7.81. The van der Waals surface area contributed by atoms with E-state index in [1.807, 2.05) is 13.8 Å². The van der Waals surface area contributed by atoms with Gasteiger partial charge in [-0.05, 0) is 44.0 Å². The van der Waals surface area contributed by atoms with Crippen molar-refractivity contribution in [2.24, 2.45) is 0 Å². The second-order valence-electron chi connectivity index (χ2n) is 2.98. The lowest BCUT2D eigenvalue weighted by Crippen LogP contribution is -2.00. The number of anilines is 1. The van der Waals surface area contributed by atoms with E-state index in [0.29, 0.717) is 5.75 Å². The lowest BCUT2D eigenvalue weighted by Gasteiger charge is -2.11. The van der Waals surface area contributed by atoms with Gasteiger partial charge in [-0.25, -0.2) is 0 Å². The molecule has 12 heavy (non-hydrogen) atoms. The molecular weight excluding hydrogens is 150 g/mol. The Morgan fingerprint density at radius 1 is 1.25 bits per heavy atom. The van der Waals surface area contributed by atoms with Gasteiger partial charge in [0.1, 0.15) is 5.75 Å². The lowest BCUT2D eigenvalue weighted by atomic mass is 10.1. The molecule has 0 atom stereocenters. The molecule has 0 heterocycles. The highest BCUT2D eigenvalue weighted by molar-refractivity contribution is 5.59. The maximum atomic E-state index is 9.26. The number of phenols is 1. The SMILES string of the molecule is CCNc1c(C)cc(O)cc1C. The molecule has 0 fully saturated rings. The van der Waals surface area contributed by atoms with E-state index in [-0.39, 0.29) is 0 Å². The van der Waals surface area contributed by atoms with Crippen molar-refractivity contribution in [3.05, 3.63) is 23.3 Å². The van der Waals surface area contributed by atoms with E-state index in [1.54, 1.807) is 12.1 Å². The molecular formula is C10H15NO. The van der Waals surface area contributed by atoms with Crippen LogP contribution in [0.1, 0.15) is 18.1 Å². The number of phenolic OH excluding ortho intramolecular Hbond substituents is 1. The average molecular weight is 165 g/mol. The van der Waals surface area contributed by atoms with E-state index < -0.39 is 0 Å². The molecule has 1 rings (SSSR count). The molecule has 1 aromatic rings. The third-order valence-corrected chi connectivity index (χ3v) is 1.87. The van der Waals surface area contributed by atoms with Crippen molar-refractivity contribution >= 4 is 5.69 Å². The van der Waals surface area contributed by atoms with E-state index in [9.17, 15) is 5.11 Å². The highest BCUT2D eigenvalue weighted by atomic mass is 16.3. The van der Waals surface area contributed by atoms with E-state index in [2.05, 4.69) is 12.2 Å². The summed E-state index contributed by atoms with van der Waals surface area (Å²) in [7, 11) is 0. The van der Waals surface area contributed by atoms with Crippen LogP contribution >= 0.6 is 0 Å². The number of nitrogens with one attached hydrogen (secondary N) is 1. The molecule has 2 N–H and O–H groups in total. The zero-order chi connectivity index (χ0) is 9.14. The Hall–Kier alpha value is -1.18. The fourth-order valence-electron chi connectivity index (χ4n) is 1.40. The highest BCUT2D eigenvalue weighted by Gasteiger charge is 2.02. The molecule has 0 aliphatic heterocycles. The van der Waals surface area contributed by atoms with Gasteiger partial charge in [-0.15, -0.1) is 0 Å². The van der Waals surface area contributed by atoms with Crippen LogP contribution in [0.5, 0.6) is 5.75 Å². The summed E-state index contributed by atoms with van der Waals surface area (Å²) in [6.07, 6.45) is 0. The van der Waals surface area contributed by atoms with Crippen molar-refractivity contribution in [3.63, 3.8) is 0 Å². The second kappa shape index (κ2) is 3.48. The molecule has 66 valence electrons.